The molecule has 1 aromatic rings. The summed E-state index contributed by atoms with van der Waals surface area (Å²) in [4.78, 5) is 13.9. The van der Waals surface area contributed by atoms with Crippen LogP contribution >= 0.6 is 11.6 Å². The maximum atomic E-state index is 11.7. The van der Waals surface area contributed by atoms with Gasteiger partial charge in [0, 0.05) is 17.6 Å². The molecule has 0 aliphatic rings. The highest BCUT2D eigenvalue weighted by molar-refractivity contribution is 6.30. The second kappa shape index (κ2) is 6.18. The van der Waals surface area contributed by atoms with Gasteiger partial charge in [-0.05, 0) is 45.5 Å². The molecule has 0 aliphatic carbocycles. The fraction of sp³-hybridized carbons (Fsp3) is 0.500. The molecule has 0 heterocycles. The van der Waals surface area contributed by atoms with Gasteiger partial charge in [-0.3, -0.25) is 4.79 Å². The zero-order chi connectivity index (χ0) is 13.0. The third-order valence-electron chi connectivity index (χ3n) is 3.12. The van der Waals surface area contributed by atoms with Crippen molar-refractivity contribution in [3.63, 3.8) is 0 Å². The first-order valence-corrected chi connectivity index (χ1v) is 6.25. The predicted molar refractivity (Wildman–Crippen MR) is 72.6 cm³/mol. The van der Waals surface area contributed by atoms with Crippen molar-refractivity contribution in [2.75, 3.05) is 13.6 Å². The SMILES string of the molecule is CC(=O)C(CN(C)C(C)C)c1ccc(Cl)cc1. The summed E-state index contributed by atoms with van der Waals surface area (Å²) in [7, 11) is 2.04. The van der Waals surface area contributed by atoms with Gasteiger partial charge in [-0.15, -0.1) is 0 Å². The number of hydrogen-bond acceptors (Lipinski definition) is 2. The molecular formula is C14H20ClNO. The number of hydrogen-bond donors (Lipinski definition) is 0. The van der Waals surface area contributed by atoms with Gasteiger partial charge >= 0.3 is 0 Å². The molecule has 0 aliphatic heterocycles. The highest BCUT2D eigenvalue weighted by Gasteiger charge is 2.19. The number of benzene rings is 1. The molecule has 2 nitrogen and oxygen atoms in total. The molecule has 0 N–H and O–H groups in total. The molecule has 0 bridgehead atoms. The summed E-state index contributed by atoms with van der Waals surface area (Å²) in [5.74, 6) is 0.125. The molecule has 1 unspecified atom stereocenters. The molecule has 17 heavy (non-hydrogen) atoms. The molecular weight excluding hydrogens is 234 g/mol. The van der Waals surface area contributed by atoms with Crippen LogP contribution in [-0.4, -0.2) is 30.3 Å². The average molecular weight is 254 g/mol. The van der Waals surface area contributed by atoms with Crippen LogP contribution in [0.3, 0.4) is 0 Å². The molecule has 1 rings (SSSR count). The Morgan fingerprint density at radius 2 is 1.82 bits per heavy atom. The highest BCUT2D eigenvalue weighted by atomic mass is 35.5. The van der Waals surface area contributed by atoms with Gasteiger partial charge in [-0.2, -0.15) is 0 Å². The Morgan fingerprint density at radius 3 is 2.24 bits per heavy atom. The minimum absolute atomic E-state index is 0.0698. The second-order valence-electron chi connectivity index (χ2n) is 4.75. The number of nitrogens with zero attached hydrogens (tertiary/aromatic N) is 1. The molecule has 0 fully saturated rings. The van der Waals surface area contributed by atoms with Crippen LogP contribution in [0, 0.1) is 0 Å². The first-order valence-electron chi connectivity index (χ1n) is 5.88. The monoisotopic (exact) mass is 253 g/mol. The summed E-state index contributed by atoms with van der Waals surface area (Å²) in [6.45, 7) is 6.64. The van der Waals surface area contributed by atoms with Gasteiger partial charge in [-0.1, -0.05) is 23.7 Å². The van der Waals surface area contributed by atoms with E-state index >= 15 is 0 Å². The first-order chi connectivity index (χ1) is 7.91. The summed E-state index contributed by atoms with van der Waals surface area (Å²) in [5, 5.41) is 0.702. The molecule has 0 radical (unpaired) electrons. The van der Waals surface area contributed by atoms with Gasteiger partial charge in [0.05, 0.1) is 5.92 Å². The summed E-state index contributed by atoms with van der Waals surface area (Å²) in [6.07, 6.45) is 0. The van der Waals surface area contributed by atoms with E-state index in [1.54, 1.807) is 6.92 Å². The predicted octanol–water partition coefficient (Wildman–Crippen LogP) is 3.35. The van der Waals surface area contributed by atoms with Crippen molar-refractivity contribution in [1.29, 1.82) is 0 Å². The minimum atomic E-state index is -0.0698. The smallest absolute Gasteiger partial charge is 0.138 e. The third-order valence-corrected chi connectivity index (χ3v) is 3.37. The van der Waals surface area contributed by atoms with Gasteiger partial charge in [0.25, 0.3) is 0 Å². The number of ketones is 1. The van der Waals surface area contributed by atoms with Crippen molar-refractivity contribution in [2.45, 2.75) is 32.7 Å². The van der Waals surface area contributed by atoms with E-state index in [0.29, 0.717) is 11.1 Å². The maximum Gasteiger partial charge on any atom is 0.138 e. The molecule has 94 valence electrons. The fourth-order valence-electron chi connectivity index (χ4n) is 1.66. The maximum absolute atomic E-state index is 11.7. The van der Waals surface area contributed by atoms with E-state index in [-0.39, 0.29) is 11.7 Å². The quantitative estimate of drug-likeness (QED) is 0.802. The van der Waals surface area contributed by atoms with E-state index in [2.05, 4.69) is 18.7 Å². The normalized spacial score (nSPS) is 13.1. The van der Waals surface area contributed by atoms with Gasteiger partial charge < -0.3 is 4.90 Å². The Bertz CT molecular complexity index is 372. The number of rotatable bonds is 5. The van der Waals surface area contributed by atoms with Crippen LogP contribution in [0.25, 0.3) is 0 Å². The van der Waals surface area contributed by atoms with Crippen molar-refractivity contribution in [2.24, 2.45) is 0 Å². The van der Waals surface area contributed by atoms with Crippen molar-refractivity contribution in [3.05, 3.63) is 34.9 Å². The molecule has 0 aromatic heterocycles. The molecule has 0 spiro atoms. The summed E-state index contributed by atoms with van der Waals surface area (Å²) < 4.78 is 0. The van der Waals surface area contributed by atoms with Crippen LogP contribution in [0.1, 0.15) is 32.3 Å². The fourth-order valence-corrected chi connectivity index (χ4v) is 1.79. The Labute approximate surface area is 109 Å². The van der Waals surface area contributed by atoms with Crippen molar-refractivity contribution in [3.8, 4) is 0 Å². The lowest BCUT2D eigenvalue weighted by molar-refractivity contribution is -0.118. The van der Waals surface area contributed by atoms with Crippen molar-refractivity contribution >= 4 is 17.4 Å². The Morgan fingerprint density at radius 1 is 1.29 bits per heavy atom. The molecule has 0 amide bonds. The average Bonchev–Trinajstić information content (AvgIpc) is 2.26. The number of Topliss-reactive ketones (excluding diaryl/α,β-unsaturated/α-hetero) is 1. The Hall–Kier alpha value is -0.860. The Balaban J connectivity index is 2.86. The van der Waals surface area contributed by atoms with Crippen LogP contribution in [0.2, 0.25) is 5.02 Å². The molecule has 1 atom stereocenters. The zero-order valence-electron chi connectivity index (χ0n) is 10.9. The van der Waals surface area contributed by atoms with Crippen LogP contribution in [0.5, 0.6) is 0 Å². The lowest BCUT2D eigenvalue weighted by Gasteiger charge is -2.25. The second-order valence-corrected chi connectivity index (χ2v) is 5.18. The molecule has 1 aromatic carbocycles. The van der Waals surface area contributed by atoms with Crippen LogP contribution in [0.4, 0.5) is 0 Å². The van der Waals surface area contributed by atoms with Gasteiger partial charge in [0.1, 0.15) is 5.78 Å². The summed E-state index contributed by atoms with van der Waals surface area (Å²) in [6, 6.07) is 7.97. The number of likely N-dealkylation sites (N-methyl/N-ethyl adjacent to an activating group) is 1. The third kappa shape index (κ3) is 4.14. The van der Waals surface area contributed by atoms with Crippen LogP contribution in [-0.2, 0) is 4.79 Å². The van der Waals surface area contributed by atoms with E-state index in [0.717, 1.165) is 12.1 Å². The first kappa shape index (κ1) is 14.2. The topological polar surface area (TPSA) is 20.3 Å². The number of carbonyl (C=O) groups excluding carboxylic acids is 1. The molecule has 0 saturated heterocycles. The lowest BCUT2D eigenvalue weighted by Crippen LogP contribution is -2.33. The van der Waals surface area contributed by atoms with Crippen LogP contribution < -0.4 is 0 Å². The zero-order valence-corrected chi connectivity index (χ0v) is 11.7. The van der Waals surface area contributed by atoms with E-state index in [1.807, 2.05) is 31.3 Å². The minimum Gasteiger partial charge on any atom is -0.303 e. The van der Waals surface area contributed by atoms with Crippen molar-refractivity contribution in [1.82, 2.24) is 4.90 Å². The summed E-state index contributed by atoms with van der Waals surface area (Å²) in [5.41, 5.74) is 1.04. The Kier molecular flexibility index (Phi) is 5.16. The molecule has 3 heteroatoms. The van der Waals surface area contributed by atoms with E-state index in [1.165, 1.54) is 0 Å². The van der Waals surface area contributed by atoms with E-state index < -0.39 is 0 Å². The standard InChI is InChI=1S/C14H20ClNO/c1-10(2)16(4)9-14(11(3)17)12-5-7-13(15)8-6-12/h5-8,10,14H,9H2,1-4H3. The van der Waals surface area contributed by atoms with Gasteiger partial charge in [0.2, 0.25) is 0 Å². The van der Waals surface area contributed by atoms with Crippen LogP contribution in [0.15, 0.2) is 24.3 Å². The highest BCUT2D eigenvalue weighted by Crippen LogP contribution is 2.21. The van der Waals surface area contributed by atoms with Gasteiger partial charge in [-0.25, -0.2) is 0 Å². The lowest BCUT2D eigenvalue weighted by atomic mass is 9.94. The molecule has 0 saturated carbocycles. The summed E-state index contributed by atoms with van der Waals surface area (Å²) >= 11 is 5.86. The van der Waals surface area contributed by atoms with Crippen molar-refractivity contribution < 1.29 is 4.79 Å². The van der Waals surface area contributed by atoms with Gasteiger partial charge in [0.15, 0.2) is 0 Å². The van der Waals surface area contributed by atoms with E-state index in [9.17, 15) is 4.79 Å². The number of carbonyl (C=O) groups is 1. The van der Waals surface area contributed by atoms with E-state index in [4.69, 9.17) is 11.6 Å². The number of halogens is 1. The largest absolute Gasteiger partial charge is 0.303 e.